The Labute approximate surface area is 105 Å². The highest BCUT2D eigenvalue weighted by Gasteiger charge is 2.63. The van der Waals surface area contributed by atoms with Gasteiger partial charge >= 0.3 is 0 Å². The molecule has 0 amide bonds. The van der Waals surface area contributed by atoms with Crippen LogP contribution >= 0.6 is 0 Å². The number of halogens is 2. The van der Waals surface area contributed by atoms with Gasteiger partial charge in [-0.1, -0.05) is 6.07 Å². The first-order valence-electron chi connectivity index (χ1n) is 6.31. The topological polar surface area (TPSA) is 21.3 Å². The van der Waals surface area contributed by atoms with Crippen LogP contribution in [0.3, 0.4) is 0 Å². The fourth-order valence-corrected chi connectivity index (χ4v) is 3.19. The van der Waals surface area contributed by atoms with Gasteiger partial charge in [-0.25, -0.2) is 8.78 Å². The highest BCUT2D eigenvalue weighted by Crippen LogP contribution is 2.62. The van der Waals surface area contributed by atoms with Gasteiger partial charge in [0.1, 0.15) is 0 Å². The van der Waals surface area contributed by atoms with Gasteiger partial charge in [0, 0.05) is 12.0 Å². The number of ether oxygens (including phenoxy) is 1. The molecule has 1 heterocycles. The van der Waals surface area contributed by atoms with Gasteiger partial charge in [-0.2, -0.15) is 0 Å². The molecule has 1 aromatic rings. The molecule has 4 heteroatoms. The van der Waals surface area contributed by atoms with Crippen molar-refractivity contribution in [1.29, 1.82) is 0 Å². The normalized spacial score (nSPS) is 23.5. The fraction of sp³-hybridized carbons (Fsp3) is 0.571. The van der Waals surface area contributed by atoms with E-state index in [0.29, 0.717) is 13.2 Å². The first-order valence-corrected chi connectivity index (χ1v) is 6.31. The molecular formula is C14H17F2NO. The van der Waals surface area contributed by atoms with E-state index in [9.17, 15) is 8.78 Å². The van der Waals surface area contributed by atoms with Crippen molar-refractivity contribution in [3.05, 3.63) is 35.4 Å². The third-order valence-electron chi connectivity index (χ3n) is 4.55. The van der Waals surface area contributed by atoms with E-state index in [4.69, 9.17) is 4.74 Å². The largest absolute Gasteiger partial charge is 0.379 e. The average Bonchev–Trinajstić information content (AvgIpc) is 3.03. The zero-order valence-electron chi connectivity index (χ0n) is 10.4. The Bertz CT molecular complexity index is 467. The molecule has 1 aromatic carbocycles. The molecule has 1 aliphatic carbocycles. The van der Waals surface area contributed by atoms with Crippen LogP contribution in [0.4, 0.5) is 8.78 Å². The number of hydrogen-bond acceptors (Lipinski definition) is 2. The predicted molar refractivity (Wildman–Crippen MR) is 64.4 cm³/mol. The molecule has 0 bridgehead atoms. The maximum atomic E-state index is 13.4. The maximum Gasteiger partial charge on any atom is 0.159 e. The molecule has 0 radical (unpaired) electrons. The SMILES string of the molecule is CNCC1(C2(c3ccc(F)c(F)c3)COC2)CC1. The number of benzene rings is 1. The second kappa shape index (κ2) is 4.00. The minimum Gasteiger partial charge on any atom is -0.379 e. The molecule has 1 aliphatic heterocycles. The zero-order valence-corrected chi connectivity index (χ0v) is 10.4. The van der Waals surface area contributed by atoms with Crippen molar-refractivity contribution in [3.63, 3.8) is 0 Å². The van der Waals surface area contributed by atoms with Crippen molar-refractivity contribution in [2.75, 3.05) is 26.8 Å². The van der Waals surface area contributed by atoms with Gasteiger partial charge in [-0.3, -0.25) is 0 Å². The van der Waals surface area contributed by atoms with Crippen LogP contribution in [0.5, 0.6) is 0 Å². The van der Waals surface area contributed by atoms with E-state index in [1.165, 1.54) is 12.1 Å². The van der Waals surface area contributed by atoms with Crippen LogP contribution in [0.15, 0.2) is 18.2 Å². The van der Waals surface area contributed by atoms with Gasteiger partial charge in [0.05, 0.1) is 13.2 Å². The smallest absolute Gasteiger partial charge is 0.159 e. The number of hydrogen-bond donors (Lipinski definition) is 1. The van der Waals surface area contributed by atoms with E-state index in [2.05, 4.69) is 5.32 Å². The van der Waals surface area contributed by atoms with Gasteiger partial charge in [0.2, 0.25) is 0 Å². The number of nitrogens with one attached hydrogen (secondary N) is 1. The van der Waals surface area contributed by atoms with Gasteiger partial charge in [-0.15, -0.1) is 0 Å². The lowest BCUT2D eigenvalue weighted by Gasteiger charge is -2.48. The van der Waals surface area contributed by atoms with Gasteiger partial charge < -0.3 is 10.1 Å². The van der Waals surface area contributed by atoms with E-state index >= 15 is 0 Å². The van der Waals surface area contributed by atoms with Crippen molar-refractivity contribution in [1.82, 2.24) is 5.32 Å². The van der Waals surface area contributed by atoms with Crippen LogP contribution < -0.4 is 5.32 Å². The molecule has 2 fully saturated rings. The summed E-state index contributed by atoms with van der Waals surface area (Å²) < 4.78 is 31.9. The standard InChI is InChI=1S/C14H17F2NO/c1-17-7-13(4-5-13)14(8-18-9-14)10-2-3-11(15)12(16)6-10/h2-3,6,17H,4-5,7-9H2,1H3. The third-order valence-corrected chi connectivity index (χ3v) is 4.55. The Morgan fingerprint density at radius 2 is 1.94 bits per heavy atom. The predicted octanol–water partition coefficient (Wildman–Crippen LogP) is 2.23. The van der Waals surface area contributed by atoms with E-state index in [-0.39, 0.29) is 10.8 Å². The lowest BCUT2D eigenvalue weighted by atomic mass is 9.66. The zero-order chi connectivity index (χ0) is 12.8. The van der Waals surface area contributed by atoms with Gasteiger partial charge in [-0.05, 0) is 43.0 Å². The van der Waals surface area contributed by atoms with Crippen LogP contribution in [0.25, 0.3) is 0 Å². The maximum absolute atomic E-state index is 13.4. The average molecular weight is 253 g/mol. The summed E-state index contributed by atoms with van der Waals surface area (Å²) >= 11 is 0. The van der Waals surface area contributed by atoms with Crippen molar-refractivity contribution < 1.29 is 13.5 Å². The third kappa shape index (κ3) is 1.52. The van der Waals surface area contributed by atoms with Gasteiger partial charge in [0.15, 0.2) is 11.6 Å². The second-order valence-electron chi connectivity index (χ2n) is 5.51. The highest BCUT2D eigenvalue weighted by molar-refractivity contribution is 5.35. The molecule has 2 aliphatic rings. The monoisotopic (exact) mass is 253 g/mol. The Morgan fingerprint density at radius 1 is 1.22 bits per heavy atom. The summed E-state index contributed by atoms with van der Waals surface area (Å²) in [4.78, 5) is 0. The summed E-state index contributed by atoms with van der Waals surface area (Å²) in [5.74, 6) is -1.55. The Morgan fingerprint density at radius 3 is 2.39 bits per heavy atom. The number of rotatable bonds is 4. The first kappa shape index (κ1) is 12.1. The second-order valence-corrected chi connectivity index (χ2v) is 5.51. The Balaban J connectivity index is 1.99. The van der Waals surface area contributed by atoms with E-state index in [1.807, 2.05) is 7.05 Å². The summed E-state index contributed by atoms with van der Waals surface area (Å²) in [5, 5.41) is 3.22. The van der Waals surface area contributed by atoms with Crippen LogP contribution in [-0.4, -0.2) is 26.8 Å². The first-order chi connectivity index (χ1) is 8.63. The fourth-order valence-electron chi connectivity index (χ4n) is 3.19. The molecule has 1 N–H and O–H groups in total. The lowest BCUT2D eigenvalue weighted by Crippen LogP contribution is -2.56. The van der Waals surface area contributed by atoms with Crippen LogP contribution in [0, 0.1) is 17.0 Å². The van der Waals surface area contributed by atoms with E-state index < -0.39 is 11.6 Å². The van der Waals surface area contributed by atoms with Crippen molar-refractivity contribution >= 4 is 0 Å². The highest BCUT2D eigenvalue weighted by atomic mass is 19.2. The molecular weight excluding hydrogens is 236 g/mol. The van der Waals surface area contributed by atoms with Crippen molar-refractivity contribution in [2.24, 2.45) is 5.41 Å². The molecule has 3 rings (SSSR count). The van der Waals surface area contributed by atoms with E-state index in [0.717, 1.165) is 24.9 Å². The molecule has 0 spiro atoms. The van der Waals surface area contributed by atoms with Gasteiger partial charge in [0.25, 0.3) is 0 Å². The summed E-state index contributed by atoms with van der Waals surface area (Å²) in [7, 11) is 1.93. The van der Waals surface area contributed by atoms with Crippen molar-refractivity contribution in [3.8, 4) is 0 Å². The minimum absolute atomic E-state index is 0.134. The van der Waals surface area contributed by atoms with Crippen LogP contribution in [0.2, 0.25) is 0 Å². The molecule has 1 saturated heterocycles. The van der Waals surface area contributed by atoms with Crippen LogP contribution in [-0.2, 0) is 10.2 Å². The minimum atomic E-state index is -0.785. The lowest BCUT2D eigenvalue weighted by molar-refractivity contribution is -0.0987. The summed E-state index contributed by atoms with van der Waals surface area (Å²) in [5.41, 5.74) is 0.898. The molecule has 98 valence electrons. The molecule has 18 heavy (non-hydrogen) atoms. The van der Waals surface area contributed by atoms with Crippen LogP contribution in [0.1, 0.15) is 18.4 Å². The summed E-state index contributed by atoms with van der Waals surface area (Å²) in [6.07, 6.45) is 2.24. The quantitative estimate of drug-likeness (QED) is 0.888. The molecule has 2 nitrogen and oxygen atoms in total. The molecule has 1 saturated carbocycles. The van der Waals surface area contributed by atoms with E-state index in [1.54, 1.807) is 6.07 Å². The summed E-state index contributed by atoms with van der Waals surface area (Å²) in [6.45, 7) is 2.12. The Kier molecular flexibility index (Phi) is 2.68. The van der Waals surface area contributed by atoms with Crippen molar-refractivity contribution in [2.45, 2.75) is 18.3 Å². The Hall–Kier alpha value is -1.00. The molecule has 0 atom stereocenters. The molecule has 0 unspecified atom stereocenters. The summed E-state index contributed by atoms with van der Waals surface area (Å²) in [6, 6.07) is 4.27. The molecule has 0 aromatic heterocycles.